The SMILES string of the molecule is CNc1ccc(S(=O)(=O)NCC(C)(C)CN(C)C)cc1. The zero-order valence-electron chi connectivity index (χ0n) is 12.9. The zero-order valence-corrected chi connectivity index (χ0v) is 13.7. The van der Waals surface area contributed by atoms with Gasteiger partial charge in [-0.05, 0) is 43.8 Å². The predicted molar refractivity (Wildman–Crippen MR) is 83.5 cm³/mol. The number of hydrogen-bond donors (Lipinski definition) is 2. The minimum atomic E-state index is -3.45. The molecule has 0 bridgehead atoms. The second-order valence-corrected chi connectivity index (χ2v) is 7.77. The molecule has 0 aliphatic rings. The molecule has 1 aromatic carbocycles. The maximum absolute atomic E-state index is 12.2. The van der Waals surface area contributed by atoms with E-state index in [1.807, 2.05) is 27.9 Å². The summed E-state index contributed by atoms with van der Waals surface area (Å²) in [6, 6.07) is 6.71. The molecule has 0 amide bonds. The van der Waals surface area contributed by atoms with Crippen molar-refractivity contribution in [1.82, 2.24) is 9.62 Å². The quantitative estimate of drug-likeness (QED) is 0.803. The maximum atomic E-state index is 12.2. The number of sulfonamides is 1. The van der Waals surface area contributed by atoms with Crippen molar-refractivity contribution in [3.63, 3.8) is 0 Å². The third kappa shape index (κ3) is 5.11. The molecule has 2 N–H and O–H groups in total. The molecule has 0 saturated heterocycles. The van der Waals surface area contributed by atoms with Crippen LogP contribution in [0.15, 0.2) is 29.2 Å². The fraction of sp³-hybridized carbons (Fsp3) is 0.571. The summed E-state index contributed by atoms with van der Waals surface area (Å²) in [4.78, 5) is 2.34. The lowest BCUT2D eigenvalue weighted by Crippen LogP contribution is -2.39. The molecule has 114 valence electrons. The average molecular weight is 299 g/mol. The predicted octanol–water partition coefficient (Wildman–Crippen LogP) is 1.59. The minimum Gasteiger partial charge on any atom is -0.388 e. The summed E-state index contributed by atoms with van der Waals surface area (Å²) in [5.41, 5.74) is 0.762. The Bertz CT molecular complexity index is 522. The van der Waals surface area contributed by atoms with Crippen LogP contribution < -0.4 is 10.0 Å². The zero-order chi connectivity index (χ0) is 15.4. The first-order valence-electron chi connectivity index (χ1n) is 6.58. The topological polar surface area (TPSA) is 61.4 Å². The molecule has 0 fully saturated rings. The Morgan fingerprint density at radius 2 is 1.70 bits per heavy atom. The van der Waals surface area contributed by atoms with Gasteiger partial charge in [-0.25, -0.2) is 13.1 Å². The van der Waals surface area contributed by atoms with Crippen LogP contribution in [-0.2, 0) is 10.0 Å². The molecular formula is C14H25N3O2S. The number of hydrogen-bond acceptors (Lipinski definition) is 4. The lowest BCUT2D eigenvalue weighted by Gasteiger charge is -2.28. The van der Waals surface area contributed by atoms with E-state index in [1.165, 1.54) is 0 Å². The van der Waals surface area contributed by atoms with Crippen molar-refractivity contribution in [2.45, 2.75) is 18.7 Å². The highest BCUT2D eigenvalue weighted by molar-refractivity contribution is 7.89. The van der Waals surface area contributed by atoms with Crippen molar-refractivity contribution in [2.75, 3.05) is 39.5 Å². The number of nitrogens with zero attached hydrogens (tertiary/aromatic N) is 1. The Labute approximate surface area is 122 Å². The summed E-state index contributed by atoms with van der Waals surface area (Å²) < 4.78 is 27.1. The van der Waals surface area contributed by atoms with Gasteiger partial charge in [0.05, 0.1) is 4.90 Å². The van der Waals surface area contributed by atoms with Crippen molar-refractivity contribution in [2.24, 2.45) is 5.41 Å². The van der Waals surface area contributed by atoms with Gasteiger partial charge in [0.25, 0.3) is 0 Å². The molecule has 0 aliphatic carbocycles. The Morgan fingerprint density at radius 3 is 2.15 bits per heavy atom. The molecule has 0 radical (unpaired) electrons. The van der Waals surface area contributed by atoms with E-state index in [0.29, 0.717) is 6.54 Å². The first-order chi connectivity index (χ1) is 9.16. The van der Waals surface area contributed by atoms with Crippen LogP contribution in [0, 0.1) is 5.41 Å². The Hall–Kier alpha value is -1.11. The summed E-state index contributed by atoms with van der Waals surface area (Å²) in [5, 5.41) is 2.96. The van der Waals surface area contributed by atoms with Gasteiger partial charge in [-0.15, -0.1) is 0 Å². The highest BCUT2D eigenvalue weighted by atomic mass is 32.2. The lowest BCUT2D eigenvalue weighted by atomic mass is 9.93. The molecule has 1 aromatic rings. The number of rotatable bonds is 7. The van der Waals surface area contributed by atoms with Crippen LogP contribution in [0.1, 0.15) is 13.8 Å². The van der Waals surface area contributed by atoms with Gasteiger partial charge in [-0.1, -0.05) is 13.8 Å². The number of nitrogens with one attached hydrogen (secondary N) is 2. The first-order valence-corrected chi connectivity index (χ1v) is 8.07. The fourth-order valence-corrected chi connectivity index (χ4v) is 3.33. The number of benzene rings is 1. The summed E-state index contributed by atoms with van der Waals surface area (Å²) in [7, 11) is 2.30. The largest absolute Gasteiger partial charge is 0.388 e. The molecule has 0 aromatic heterocycles. The molecule has 0 saturated carbocycles. The van der Waals surface area contributed by atoms with E-state index in [1.54, 1.807) is 31.3 Å². The van der Waals surface area contributed by atoms with Crippen LogP contribution in [0.2, 0.25) is 0 Å². The summed E-state index contributed by atoms with van der Waals surface area (Å²) >= 11 is 0. The van der Waals surface area contributed by atoms with E-state index in [0.717, 1.165) is 12.2 Å². The molecule has 1 rings (SSSR count). The standard InChI is InChI=1S/C14H25N3O2S/c1-14(2,11-17(4)5)10-16-20(18,19)13-8-6-12(15-3)7-9-13/h6-9,15-16H,10-11H2,1-5H3. The molecule has 5 nitrogen and oxygen atoms in total. The maximum Gasteiger partial charge on any atom is 0.240 e. The van der Waals surface area contributed by atoms with Gasteiger partial charge < -0.3 is 10.2 Å². The van der Waals surface area contributed by atoms with Gasteiger partial charge in [0, 0.05) is 25.8 Å². The highest BCUT2D eigenvalue weighted by Gasteiger charge is 2.23. The third-order valence-electron chi connectivity index (χ3n) is 2.94. The van der Waals surface area contributed by atoms with Crippen LogP contribution in [0.25, 0.3) is 0 Å². The normalized spacial score (nSPS) is 12.7. The second-order valence-electron chi connectivity index (χ2n) is 6.00. The van der Waals surface area contributed by atoms with Crippen LogP contribution in [0.3, 0.4) is 0 Å². The molecule has 6 heteroatoms. The first kappa shape index (κ1) is 16.9. The smallest absolute Gasteiger partial charge is 0.240 e. The van der Waals surface area contributed by atoms with E-state index in [-0.39, 0.29) is 10.3 Å². The molecular weight excluding hydrogens is 274 g/mol. The van der Waals surface area contributed by atoms with E-state index in [9.17, 15) is 8.42 Å². The number of anilines is 1. The van der Waals surface area contributed by atoms with Gasteiger partial charge in [0.1, 0.15) is 0 Å². The van der Waals surface area contributed by atoms with Crippen molar-refractivity contribution in [3.05, 3.63) is 24.3 Å². The van der Waals surface area contributed by atoms with E-state index in [4.69, 9.17) is 0 Å². The van der Waals surface area contributed by atoms with Crippen molar-refractivity contribution >= 4 is 15.7 Å². The van der Waals surface area contributed by atoms with Gasteiger partial charge in [0.15, 0.2) is 0 Å². The molecule has 0 heterocycles. The van der Waals surface area contributed by atoms with Gasteiger partial charge in [0.2, 0.25) is 10.0 Å². The minimum absolute atomic E-state index is 0.124. The van der Waals surface area contributed by atoms with Gasteiger partial charge >= 0.3 is 0 Å². The van der Waals surface area contributed by atoms with E-state index >= 15 is 0 Å². The summed E-state index contributed by atoms with van der Waals surface area (Å²) in [6.07, 6.45) is 0. The van der Waals surface area contributed by atoms with Gasteiger partial charge in [-0.2, -0.15) is 0 Å². The van der Waals surface area contributed by atoms with E-state index < -0.39 is 10.0 Å². The van der Waals surface area contributed by atoms with Crippen LogP contribution >= 0.6 is 0 Å². The summed E-state index contributed by atoms with van der Waals surface area (Å²) in [5.74, 6) is 0. The van der Waals surface area contributed by atoms with Crippen molar-refractivity contribution < 1.29 is 8.42 Å². The monoisotopic (exact) mass is 299 g/mol. The average Bonchev–Trinajstić information content (AvgIpc) is 2.35. The lowest BCUT2D eigenvalue weighted by molar-refractivity contribution is 0.242. The van der Waals surface area contributed by atoms with Gasteiger partial charge in [-0.3, -0.25) is 0 Å². The van der Waals surface area contributed by atoms with Crippen molar-refractivity contribution in [3.8, 4) is 0 Å². The second kappa shape index (κ2) is 6.56. The third-order valence-corrected chi connectivity index (χ3v) is 4.36. The molecule has 20 heavy (non-hydrogen) atoms. The Balaban J connectivity index is 2.74. The Morgan fingerprint density at radius 1 is 1.15 bits per heavy atom. The van der Waals surface area contributed by atoms with E-state index in [2.05, 4.69) is 14.9 Å². The van der Waals surface area contributed by atoms with Crippen LogP contribution in [-0.4, -0.2) is 47.6 Å². The summed E-state index contributed by atoms with van der Waals surface area (Å²) in [6.45, 7) is 5.30. The van der Waals surface area contributed by atoms with Crippen LogP contribution in [0.4, 0.5) is 5.69 Å². The Kier molecular flexibility index (Phi) is 5.56. The molecule has 0 aliphatic heterocycles. The highest BCUT2D eigenvalue weighted by Crippen LogP contribution is 2.17. The molecule has 0 atom stereocenters. The fourth-order valence-electron chi connectivity index (χ4n) is 2.09. The molecule has 0 spiro atoms. The van der Waals surface area contributed by atoms with Crippen molar-refractivity contribution in [1.29, 1.82) is 0 Å². The molecule has 0 unspecified atom stereocenters. The van der Waals surface area contributed by atoms with Crippen LogP contribution in [0.5, 0.6) is 0 Å².